The zero-order valence-corrected chi connectivity index (χ0v) is 19.2. The second kappa shape index (κ2) is 9.91. The van der Waals surface area contributed by atoms with Crippen molar-refractivity contribution in [2.24, 2.45) is 0 Å². The number of carbonyl (C=O) groups is 1. The van der Waals surface area contributed by atoms with Gasteiger partial charge in [-0.1, -0.05) is 30.3 Å². The van der Waals surface area contributed by atoms with Crippen molar-refractivity contribution in [1.29, 1.82) is 0 Å². The Morgan fingerprint density at radius 1 is 1.15 bits per heavy atom. The molecule has 0 saturated carbocycles. The van der Waals surface area contributed by atoms with Gasteiger partial charge in [-0.15, -0.1) is 0 Å². The van der Waals surface area contributed by atoms with Gasteiger partial charge in [0.2, 0.25) is 0 Å². The van der Waals surface area contributed by atoms with Crippen LogP contribution in [0.15, 0.2) is 67.5 Å². The van der Waals surface area contributed by atoms with Crippen LogP contribution in [-0.4, -0.2) is 57.1 Å². The van der Waals surface area contributed by atoms with Crippen LogP contribution in [0.5, 0.6) is 0 Å². The van der Waals surface area contributed by atoms with Crippen LogP contribution in [0.3, 0.4) is 0 Å². The number of pyridine rings is 1. The molecule has 0 radical (unpaired) electrons. The van der Waals surface area contributed by atoms with Crippen molar-refractivity contribution in [3.8, 4) is 11.1 Å². The average molecular weight is 457 g/mol. The zero-order valence-electron chi connectivity index (χ0n) is 19.2. The summed E-state index contributed by atoms with van der Waals surface area (Å²) in [6.07, 6.45) is 11.5. The summed E-state index contributed by atoms with van der Waals surface area (Å²) >= 11 is 0. The number of fused-ring (bicyclic) bond motifs is 1. The fourth-order valence-electron chi connectivity index (χ4n) is 4.65. The van der Waals surface area contributed by atoms with Crippen molar-refractivity contribution in [3.05, 3.63) is 73.1 Å². The van der Waals surface area contributed by atoms with E-state index >= 15 is 0 Å². The molecule has 1 aromatic carbocycles. The van der Waals surface area contributed by atoms with E-state index in [1.54, 1.807) is 4.90 Å². The second-order valence-corrected chi connectivity index (χ2v) is 8.61. The number of nitrogens with one attached hydrogen (secondary N) is 1. The first-order valence-electron chi connectivity index (χ1n) is 11.6. The summed E-state index contributed by atoms with van der Waals surface area (Å²) in [5, 5.41) is 1.08. The fraction of sp³-hybridized carbons (Fsp3) is 0.308. The molecule has 0 aliphatic carbocycles. The van der Waals surface area contributed by atoms with E-state index in [1.807, 2.05) is 62.2 Å². The Labute approximate surface area is 198 Å². The van der Waals surface area contributed by atoms with Crippen LogP contribution in [-0.2, 0) is 11.3 Å². The Hall–Kier alpha value is -3.94. The van der Waals surface area contributed by atoms with Crippen LogP contribution >= 0.6 is 0 Å². The molecule has 174 valence electrons. The maximum atomic E-state index is 12.7. The van der Waals surface area contributed by atoms with Crippen molar-refractivity contribution < 1.29 is 9.53 Å². The van der Waals surface area contributed by atoms with E-state index in [9.17, 15) is 4.79 Å². The zero-order chi connectivity index (χ0) is 23.3. The van der Waals surface area contributed by atoms with Crippen LogP contribution < -0.4 is 4.90 Å². The highest BCUT2D eigenvalue weighted by Crippen LogP contribution is 2.35. The van der Waals surface area contributed by atoms with E-state index in [4.69, 9.17) is 4.74 Å². The van der Waals surface area contributed by atoms with Gasteiger partial charge < -0.3 is 19.5 Å². The molecule has 1 N–H and O–H groups in total. The highest BCUT2D eigenvalue weighted by Gasteiger charge is 2.26. The summed E-state index contributed by atoms with van der Waals surface area (Å²) < 4.78 is 5.56. The van der Waals surface area contributed by atoms with Crippen LogP contribution in [0.2, 0.25) is 0 Å². The van der Waals surface area contributed by atoms with Gasteiger partial charge in [-0.25, -0.2) is 19.7 Å². The molecule has 0 spiro atoms. The molecule has 1 fully saturated rings. The van der Waals surface area contributed by atoms with Gasteiger partial charge in [0.25, 0.3) is 0 Å². The van der Waals surface area contributed by atoms with Crippen LogP contribution in [0.4, 0.5) is 10.5 Å². The lowest BCUT2D eigenvalue weighted by atomic mass is 10.1. The van der Waals surface area contributed by atoms with Crippen molar-refractivity contribution in [2.45, 2.75) is 31.9 Å². The van der Waals surface area contributed by atoms with Gasteiger partial charge >= 0.3 is 6.09 Å². The van der Waals surface area contributed by atoms with E-state index in [2.05, 4.69) is 30.9 Å². The van der Waals surface area contributed by atoms with Gasteiger partial charge in [0, 0.05) is 73.2 Å². The molecular weight excluding hydrogens is 428 g/mol. The minimum absolute atomic E-state index is 0.138. The van der Waals surface area contributed by atoms with E-state index in [0.717, 1.165) is 65.8 Å². The lowest BCUT2D eigenvalue weighted by Gasteiger charge is -2.27. The van der Waals surface area contributed by atoms with Crippen LogP contribution in [0.1, 0.15) is 24.8 Å². The summed E-state index contributed by atoms with van der Waals surface area (Å²) in [6.45, 7) is 2.05. The molecule has 1 saturated heterocycles. The van der Waals surface area contributed by atoms with E-state index in [-0.39, 0.29) is 18.7 Å². The third kappa shape index (κ3) is 4.57. The summed E-state index contributed by atoms with van der Waals surface area (Å²) in [7, 11) is 1.85. The molecule has 1 atom stereocenters. The number of nitrogens with zero attached hydrogens (tertiary/aromatic N) is 5. The van der Waals surface area contributed by atoms with Gasteiger partial charge in [-0.2, -0.15) is 0 Å². The minimum atomic E-state index is -0.273. The Morgan fingerprint density at radius 2 is 1.97 bits per heavy atom. The molecule has 1 amide bonds. The molecule has 1 aliphatic rings. The molecule has 5 rings (SSSR count). The molecule has 34 heavy (non-hydrogen) atoms. The van der Waals surface area contributed by atoms with E-state index < -0.39 is 0 Å². The lowest BCUT2D eigenvalue weighted by molar-refractivity contribution is 0.0887. The number of ether oxygens (including phenoxy) is 1. The molecule has 4 aromatic rings. The molecule has 1 aliphatic heterocycles. The Morgan fingerprint density at radius 3 is 2.79 bits per heavy atom. The first kappa shape index (κ1) is 21.9. The van der Waals surface area contributed by atoms with Crippen molar-refractivity contribution >= 4 is 22.8 Å². The average Bonchev–Trinajstić information content (AvgIpc) is 3.18. The number of H-pyrrole nitrogens is 1. The largest absolute Gasteiger partial charge is 0.445 e. The summed E-state index contributed by atoms with van der Waals surface area (Å²) in [5.74, 6) is 0. The summed E-state index contributed by atoms with van der Waals surface area (Å²) in [5.41, 5.74) is 4.97. The highest BCUT2D eigenvalue weighted by atomic mass is 16.6. The SMILES string of the molecule is CN(C(=O)OCc1ccccc1)C1CCCN(c2ccnc3[nH]cc(-c4cncnc4)c23)CC1. The highest BCUT2D eigenvalue weighted by molar-refractivity contribution is 6.02. The number of hydrogen-bond donors (Lipinski definition) is 1. The molecular formula is C26H28N6O2. The van der Waals surface area contributed by atoms with E-state index in [1.165, 1.54) is 6.33 Å². The maximum Gasteiger partial charge on any atom is 0.410 e. The number of benzene rings is 1. The number of carbonyl (C=O) groups excluding carboxylic acids is 1. The molecule has 4 heterocycles. The third-order valence-electron chi connectivity index (χ3n) is 6.50. The normalized spacial score (nSPS) is 16.3. The summed E-state index contributed by atoms with van der Waals surface area (Å²) in [6, 6.07) is 12.0. The third-order valence-corrected chi connectivity index (χ3v) is 6.50. The standard InChI is InChI=1S/C26H28N6O2/c1-31(26(33)34-17-19-6-3-2-4-7-19)21-8-5-12-32(13-10-21)23-9-11-29-25-24(23)22(16-30-25)20-14-27-18-28-15-20/h2-4,6-7,9,11,14-16,18,21H,5,8,10,12-13,17H2,1H3,(H,29,30). The second-order valence-electron chi connectivity index (χ2n) is 8.61. The molecule has 0 bridgehead atoms. The lowest BCUT2D eigenvalue weighted by Crippen LogP contribution is -2.38. The smallest absolute Gasteiger partial charge is 0.410 e. The Kier molecular flexibility index (Phi) is 6.38. The first-order chi connectivity index (χ1) is 16.7. The maximum absolute atomic E-state index is 12.7. The van der Waals surface area contributed by atoms with E-state index in [0.29, 0.717) is 0 Å². The van der Waals surface area contributed by atoms with Gasteiger partial charge in [-0.05, 0) is 30.9 Å². The number of aromatic nitrogens is 4. The monoisotopic (exact) mass is 456 g/mol. The predicted molar refractivity (Wildman–Crippen MR) is 131 cm³/mol. The molecule has 8 heteroatoms. The quantitative estimate of drug-likeness (QED) is 0.470. The van der Waals surface area contributed by atoms with Crippen LogP contribution in [0.25, 0.3) is 22.2 Å². The number of amides is 1. The van der Waals surface area contributed by atoms with Gasteiger partial charge in [0.15, 0.2) is 0 Å². The van der Waals surface area contributed by atoms with Crippen molar-refractivity contribution in [1.82, 2.24) is 24.8 Å². The molecule has 8 nitrogen and oxygen atoms in total. The number of rotatable bonds is 5. The first-order valence-corrected chi connectivity index (χ1v) is 11.6. The van der Waals surface area contributed by atoms with Gasteiger partial charge in [0.05, 0.1) is 0 Å². The Balaban J connectivity index is 1.29. The topological polar surface area (TPSA) is 87.2 Å². The predicted octanol–water partition coefficient (Wildman–Crippen LogP) is 4.65. The van der Waals surface area contributed by atoms with Gasteiger partial charge in [-0.3, -0.25) is 0 Å². The van der Waals surface area contributed by atoms with Gasteiger partial charge in [0.1, 0.15) is 18.6 Å². The van der Waals surface area contributed by atoms with Crippen LogP contribution in [0, 0.1) is 0 Å². The minimum Gasteiger partial charge on any atom is -0.445 e. The number of anilines is 1. The summed E-state index contributed by atoms with van der Waals surface area (Å²) in [4.78, 5) is 33.0. The molecule has 1 unspecified atom stereocenters. The fourth-order valence-corrected chi connectivity index (χ4v) is 4.65. The van der Waals surface area contributed by atoms with Crippen molar-refractivity contribution in [3.63, 3.8) is 0 Å². The number of aromatic amines is 1. The number of hydrogen-bond acceptors (Lipinski definition) is 6. The Bertz CT molecular complexity index is 1240. The van der Waals surface area contributed by atoms with Crippen molar-refractivity contribution in [2.75, 3.05) is 25.0 Å². The molecule has 3 aromatic heterocycles.